The number of hydrogen-bond acceptors (Lipinski definition) is 7. The molecule has 2 aliphatic heterocycles. The number of rotatable bonds is 6. The highest BCUT2D eigenvalue weighted by molar-refractivity contribution is 7.96. The van der Waals surface area contributed by atoms with Gasteiger partial charge in [0.15, 0.2) is 5.60 Å². The Labute approximate surface area is 234 Å². The fraction of sp³-hybridized carbons (Fsp3) is 0.560. The van der Waals surface area contributed by atoms with Gasteiger partial charge in [-0.1, -0.05) is 36.5 Å². The Morgan fingerprint density at radius 1 is 1.05 bits per heavy atom. The molecule has 2 saturated heterocycles. The molecule has 7 nitrogen and oxygen atoms in total. The molecule has 1 aromatic rings. The Kier molecular flexibility index (Phi) is 8.75. The number of nitrogens with one attached hydrogen (secondary N) is 1. The van der Waals surface area contributed by atoms with Crippen LogP contribution in [0.4, 0.5) is 32.0 Å². The maximum Gasteiger partial charge on any atom is 0.421 e. The number of alkyl halides is 6. The first kappa shape index (κ1) is 30.9. The minimum Gasteiger partial charge on any atom is -0.376 e. The molecule has 222 valence electrons. The second-order valence-electron chi connectivity index (χ2n) is 10.2. The first-order chi connectivity index (χ1) is 18.5. The van der Waals surface area contributed by atoms with Crippen molar-refractivity contribution in [3.05, 3.63) is 53.0 Å². The third kappa shape index (κ3) is 6.39. The summed E-state index contributed by atoms with van der Waals surface area (Å²) in [5.41, 5.74) is -2.99. The van der Waals surface area contributed by atoms with Gasteiger partial charge in [-0.15, -0.1) is 0 Å². The summed E-state index contributed by atoms with van der Waals surface area (Å²) in [6, 6.07) is 2.73. The van der Waals surface area contributed by atoms with E-state index in [0.717, 1.165) is 12.1 Å². The number of hydrogen-bond donors (Lipinski definition) is 2. The normalized spacial score (nSPS) is 25.6. The fourth-order valence-electron chi connectivity index (χ4n) is 5.07. The van der Waals surface area contributed by atoms with Crippen LogP contribution in [-0.2, 0) is 15.6 Å². The zero-order valence-electron chi connectivity index (χ0n) is 21.5. The van der Waals surface area contributed by atoms with Crippen molar-refractivity contribution >= 4 is 32.8 Å². The van der Waals surface area contributed by atoms with Crippen LogP contribution < -0.4 is 10.2 Å². The van der Waals surface area contributed by atoms with Crippen LogP contribution in [0.2, 0.25) is 0 Å². The molecular weight excluding hydrogens is 582 g/mol. The molecular formula is C25H30F6N4O3S2. The van der Waals surface area contributed by atoms with E-state index in [1.807, 2.05) is 0 Å². The Morgan fingerprint density at radius 2 is 1.73 bits per heavy atom. The van der Waals surface area contributed by atoms with Crippen LogP contribution in [-0.4, -0.2) is 97.8 Å². The van der Waals surface area contributed by atoms with Gasteiger partial charge in [-0.2, -0.15) is 30.6 Å². The lowest BCUT2D eigenvalue weighted by atomic mass is 9.95. The lowest BCUT2D eigenvalue weighted by molar-refractivity contribution is -0.258. The SMILES string of the molecule is CC(O)(c1ccc(N2CCN(S(=O)(=O)C3=CC=CCC3=S)C[C@@H]2CN2CCNC(C(F)(F)F)C2)cc1)C(F)(F)F. The summed E-state index contributed by atoms with van der Waals surface area (Å²) in [4.78, 5) is 3.67. The van der Waals surface area contributed by atoms with Crippen LogP contribution in [0.25, 0.3) is 0 Å². The number of allylic oxidation sites excluding steroid dienone is 4. The second kappa shape index (κ2) is 11.3. The summed E-state index contributed by atoms with van der Waals surface area (Å²) in [5, 5.41) is 12.5. The van der Waals surface area contributed by atoms with Crippen LogP contribution in [0, 0.1) is 0 Å². The average molecular weight is 613 g/mol. The topological polar surface area (TPSA) is 76.1 Å². The van der Waals surface area contributed by atoms with Gasteiger partial charge in [-0.25, -0.2) is 8.42 Å². The zero-order valence-corrected chi connectivity index (χ0v) is 23.2. The molecule has 3 atom stereocenters. The van der Waals surface area contributed by atoms with Crippen molar-refractivity contribution in [1.82, 2.24) is 14.5 Å². The van der Waals surface area contributed by atoms with E-state index >= 15 is 0 Å². The molecule has 4 rings (SSSR count). The lowest BCUT2D eigenvalue weighted by Gasteiger charge is -2.45. The smallest absolute Gasteiger partial charge is 0.376 e. The van der Waals surface area contributed by atoms with Crippen LogP contribution in [0.5, 0.6) is 0 Å². The standard InChI is InChI=1S/C25H30F6N4O3S2/c1-23(36,25(29,30)31)17-6-8-18(9-7-17)35-13-12-34(40(37,38)21-5-3-2-4-20(21)39)15-19(35)14-33-11-10-32-22(16-33)24(26,27)28/h2-3,5-9,19,22,32,36H,4,10-16H2,1H3/t19-,22?,23?/m0/s1. The van der Waals surface area contributed by atoms with Crippen LogP contribution >= 0.6 is 12.2 Å². The van der Waals surface area contributed by atoms with Gasteiger partial charge in [0.2, 0.25) is 10.0 Å². The highest BCUT2D eigenvalue weighted by Gasteiger charge is 2.51. The van der Waals surface area contributed by atoms with Crippen LogP contribution in [0.1, 0.15) is 18.9 Å². The quantitative estimate of drug-likeness (QED) is 0.377. The molecule has 2 heterocycles. The molecule has 2 N–H and O–H groups in total. The van der Waals surface area contributed by atoms with E-state index < -0.39 is 40.1 Å². The van der Waals surface area contributed by atoms with Gasteiger partial charge in [0.25, 0.3) is 0 Å². The Morgan fingerprint density at radius 3 is 2.33 bits per heavy atom. The van der Waals surface area contributed by atoms with Crippen molar-refractivity contribution < 1.29 is 39.9 Å². The number of benzene rings is 1. The van der Waals surface area contributed by atoms with E-state index in [-0.39, 0.29) is 54.6 Å². The van der Waals surface area contributed by atoms with Crippen molar-refractivity contribution in [2.75, 3.05) is 50.7 Å². The molecule has 0 spiro atoms. The van der Waals surface area contributed by atoms with Gasteiger partial charge in [0.1, 0.15) is 6.04 Å². The predicted molar refractivity (Wildman–Crippen MR) is 142 cm³/mol. The molecule has 0 saturated carbocycles. The molecule has 1 aromatic carbocycles. The number of piperazine rings is 2. The van der Waals surface area contributed by atoms with Crippen molar-refractivity contribution in [2.45, 2.75) is 43.4 Å². The van der Waals surface area contributed by atoms with Crippen molar-refractivity contribution in [1.29, 1.82) is 0 Å². The third-order valence-electron chi connectivity index (χ3n) is 7.46. The number of nitrogens with zero attached hydrogens (tertiary/aromatic N) is 3. The monoisotopic (exact) mass is 612 g/mol. The number of thiocarbonyl (C=S) groups is 1. The van der Waals surface area contributed by atoms with Gasteiger partial charge in [0.05, 0.1) is 10.9 Å². The second-order valence-corrected chi connectivity index (χ2v) is 12.6. The molecule has 0 radical (unpaired) electrons. The van der Waals surface area contributed by atoms with E-state index in [1.165, 1.54) is 22.5 Å². The van der Waals surface area contributed by atoms with Gasteiger partial charge in [0, 0.05) is 62.8 Å². The molecule has 2 fully saturated rings. The number of anilines is 1. The molecule has 0 amide bonds. The number of sulfonamides is 1. The molecule has 15 heteroatoms. The van der Waals surface area contributed by atoms with Crippen LogP contribution in [0.3, 0.4) is 0 Å². The molecule has 0 bridgehead atoms. The van der Waals surface area contributed by atoms with Gasteiger partial charge < -0.3 is 15.3 Å². The summed E-state index contributed by atoms with van der Waals surface area (Å²) in [6.45, 7) is 0.926. The minimum absolute atomic E-state index is 0.00948. The van der Waals surface area contributed by atoms with E-state index in [9.17, 15) is 39.9 Å². The first-order valence-corrected chi connectivity index (χ1v) is 14.5. The highest BCUT2D eigenvalue weighted by Crippen LogP contribution is 2.39. The van der Waals surface area contributed by atoms with E-state index in [1.54, 1.807) is 22.0 Å². The Bertz CT molecular complexity index is 1260. The largest absolute Gasteiger partial charge is 0.421 e. The van der Waals surface area contributed by atoms with Gasteiger partial charge in [-0.3, -0.25) is 4.90 Å². The van der Waals surface area contributed by atoms with Crippen molar-refractivity contribution in [3.63, 3.8) is 0 Å². The number of aliphatic hydroxyl groups is 1. The molecule has 1 aliphatic carbocycles. The number of halogens is 6. The Hall–Kier alpha value is -2.04. The summed E-state index contributed by atoms with van der Waals surface area (Å²) in [7, 11) is -3.98. The average Bonchev–Trinajstić information content (AvgIpc) is 2.88. The fourth-order valence-corrected chi connectivity index (χ4v) is 7.14. The third-order valence-corrected chi connectivity index (χ3v) is 9.93. The van der Waals surface area contributed by atoms with Crippen molar-refractivity contribution in [3.8, 4) is 0 Å². The summed E-state index contributed by atoms with van der Waals surface area (Å²) >= 11 is 5.26. The van der Waals surface area contributed by atoms with E-state index in [0.29, 0.717) is 25.6 Å². The lowest BCUT2D eigenvalue weighted by Crippen LogP contribution is -2.62. The first-order valence-electron chi connectivity index (χ1n) is 12.6. The predicted octanol–water partition coefficient (Wildman–Crippen LogP) is 3.33. The van der Waals surface area contributed by atoms with Crippen molar-refractivity contribution in [2.24, 2.45) is 0 Å². The van der Waals surface area contributed by atoms with Crippen LogP contribution in [0.15, 0.2) is 47.4 Å². The molecule has 40 heavy (non-hydrogen) atoms. The molecule has 3 aliphatic rings. The summed E-state index contributed by atoms with van der Waals surface area (Å²) < 4.78 is 108. The zero-order chi connectivity index (χ0) is 29.5. The maximum atomic E-state index is 13.5. The van der Waals surface area contributed by atoms with E-state index in [2.05, 4.69) is 5.32 Å². The van der Waals surface area contributed by atoms with Gasteiger partial charge in [-0.05, 0) is 30.7 Å². The Balaban J connectivity index is 1.61. The van der Waals surface area contributed by atoms with E-state index in [4.69, 9.17) is 12.2 Å². The maximum absolute atomic E-state index is 13.5. The minimum atomic E-state index is -4.90. The molecule has 2 unspecified atom stereocenters. The summed E-state index contributed by atoms with van der Waals surface area (Å²) in [5.74, 6) is 0. The van der Waals surface area contributed by atoms with Gasteiger partial charge >= 0.3 is 12.4 Å². The summed E-state index contributed by atoms with van der Waals surface area (Å²) in [6.07, 6.45) is -4.29. The highest BCUT2D eigenvalue weighted by atomic mass is 32.2. The molecule has 0 aromatic heterocycles.